The van der Waals surface area contributed by atoms with Crippen LogP contribution in [0, 0.1) is 5.92 Å². The molecular weight excluding hydrogens is 450 g/mol. The zero-order chi connectivity index (χ0) is 26.5. The average Bonchev–Trinajstić information content (AvgIpc) is 2.88. The molecule has 200 valence electrons. The number of aliphatic imine (C=N–C) groups is 2. The first-order valence-electron chi connectivity index (χ1n) is 12.2. The third-order valence-electron chi connectivity index (χ3n) is 3.78. The Balaban J connectivity index is -0.000000547. The van der Waals surface area contributed by atoms with E-state index in [0.717, 1.165) is 25.9 Å². The highest BCUT2D eigenvalue weighted by Crippen LogP contribution is 2.10. The van der Waals surface area contributed by atoms with Crippen molar-refractivity contribution < 1.29 is 9.53 Å². The van der Waals surface area contributed by atoms with Crippen LogP contribution >= 0.6 is 11.8 Å². The van der Waals surface area contributed by atoms with E-state index in [0.29, 0.717) is 36.7 Å². The van der Waals surface area contributed by atoms with Gasteiger partial charge < -0.3 is 32.2 Å². The lowest BCUT2D eigenvalue weighted by Gasteiger charge is -2.22. The Morgan fingerprint density at radius 1 is 1.24 bits per heavy atom. The van der Waals surface area contributed by atoms with Crippen LogP contribution in [0.1, 0.15) is 54.4 Å². The van der Waals surface area contributed by atoms with Gasteiger partial charge in [-0.1, -0.05) is 45.5 Å². The van der Waals surface area contributed by atoms with Gasteiger partial charge in [0.1, 0.15) is 6.73 Å². The lowest BCUT2D eigenvalue weighted by molar-refractivity contribution is -0.114. The summed E-state index contributed by atoms with van der Waals surface area (Å²) < 4.78 is 5.16. The van der Waals surface area contributed by atoms with Crippen LogP contribution in [-0.4, -0.2) is 69.1 Å². The molecule has 0 aliphatic carbocycles. The number of rotatable bonds is 10. The summed E-state index contributed by atoms with van der Waals surface area (Å²) >= 11 is 1.36. The molecule has 0 spiro atoms. The molecule has 0 aromatic rings. The van der Waals surface area contributed by atoms with Crippen molar-refractivity contribution in [3.8, 4) is 0 Å². The molecule has 1 aliphatic rings. The average molecular weight is 502 g/mol. The molecule has 10 heteroatoms. The Morgan fingerprint density at radius 3 is 2.41 bits per heavy atom. The third-order valence-corrected chi connectivity index (χ3v) is 4.78. The summed E-state index contributed by atoms with van der Waals surface area (Å²) in [5.74, 6) is 1.07. The summed E-state index contributed by atoms with van der Waals surface area (Å²) in [6.07, 6.45) is 10.5. The van der Waals surface area contributed by atoms with Gasteiger partial charge in [-0.15, -0.1) is 0 Å². The number of allylic oxidation sites excluding steroid dienone is 1. The second kappa shape index (κ2) is 31.3. The lowest BCUT2D eigenvalue weighted by Crippen LogP contribution is -2.38. The molecule has 0 unspecified atom stereocenters. The van der Waals surface area contributed by atoms with E-state index in [4.69, 9.17) is 16.2 Å². The molecular formula is C24H51N7O2S. The number of piperidine rings is 1. The van der Waals surface area contributed by atoms with Crippen LogP contribution in [0.15, 0.2) is 34.5 Å². The van der Waals surface area contributed by atoms with Gasteiger partial charge in [0, 0.05) is 37.6 Å². The van der Waals surface area contributed by atoms with E-state index in [1.807, 2.05) is 60.7 Å². The van der Waals surface area contributed by atoms with Gasteiger partial charge in [-0.3, -0.25) is 9.79 Å². The van der Waals surface area contributed by atoms with Gasteiger partial charge in [-0.05, 0) is 58.8 Å². The summed E-state index contributed by atoms with van der Waals surface area (Å²) in [4.78, 5) is 20.0. The minimum Gasteiger partial charge on any atom is -0.403 e. The molecule has 1 heterocycles. The highest BCUT2D eigenvalue weighted by Gasteiger charge is 2.16. The van der Waals surface area contributed by atoms with E-state index < -0.39 is 0 Å². The van der Waals surface area contributed by atoms with Crippen molar-refractivity contribution in [2.24, 2.45) is 27.4 Å². The van der Waals surface area contributed by atoms with Gasteiger partial charge in [0.15, 0.2) is 5.04 Å². The largest absolute Gasteiger partial charge is 0.403 e. The van der Waals surface area contributed by atoms with Crippen molar-refractivity contribution in [2.45, 2.75) is 60.5 Å². The number of carbonyl (C=O) groups is 1. The molecule has 0 saturated carbocycles. The molecule has 0 atom stereocenters. The van der Waals surface area contributed by atoms with Crippen LogP contribution in [-0.2, 0) is 9.53 Å². The topological polar surface area (TPSA) is 139 Å². The van der Waals surface area contributed by atoms with Crippen molar-refractivity contribution >= 4 is 28.9 Å². The number of nitrogens with two attached hydrogens (primary N) is 2. The van der Waals surface area contributed by atoms with Crippen molar-refractivity contribution in [3.63, 3.8) is 0 Å². The summed E-state index contributed by atoms with van der Waals surface area (Å²) in [7, 11) is 1.83. The molecule has 1 fully saturated rings. The van der Waals surface area contributed by atoms with Crippen LogP contribution in [0.25, 0.3) is 0 Å². The number of nitrogens with one attached hydrogen (secondary N) is 3. The van der Waals surface area contributed by atoms with Gasteiger partial charge in [-0.2, -0.15) is 0 Å². The van der Waals surface area contributed by atoms with Gasteiger partial charge in [0.25, 0.3) is 5.91 Å². The predicted molar refractivity (Wildman–Crippen MR) is 151 cm³/mol. The Bertz CT molecular complexity index is 547. The number of thioether (sulfide) groups is 1. The van der Waals surface area contributed by atoms with Crippen molar-refractivity contribution in [2.75, 3.05) is 45.8 Å². The van der Waals surface area contributed by atoms with Crippen LogP contribution in [0.4, 0.5) is 0 Å². The maximum Gasteiger partial charge on any atom is 0.276 e. The Morgan fingerprint density at radius 2 is 1.88 bits per heavy atom. The molecule has 9 nitrogen and oxygen atoms in total. The standard InChI is InChI=1S/C12H23N5OS.C8H16N2O.2C2H6/c1-14-9-19-12(16-7-4-13)11(18)17-8-10-2-5-15-6-3-10;1-8(2)11-7-10-6-4-3-5-9;2*1-2/h4,7,10,14-15H,2-3,5-6,8-9,13H2,1H3,(H,17,18);3-4,6,8H,5,7,9H2,1-2H3;2*1-2H3/b7-4+,16-12?;4-3-,10-6-;;. The van der Waals surface area contributed by atoms with Crippen LogP contribution in [0.2, 0.25) is 0 Å². The summed E-state index contributed by atoms with van der Waals surface area (Å²) in [6.45, 7) is 15.7. The fourth-order valence-corrected chi connectivity index (χ4v) is 2.87. The first kappa shape index (κ1) is 36.8. The molecule has 1 saturated heterocycles. The second-order valence-electron chi connectivity index (χ2n) is 6.66. The van der Waals surface area contributed by atoms with E-state index >= 15 is 0 Å². The number of hydrogen-bond donors (Lipinski definition) is 5. The highest BCUT2D eigenvalue weighted by atomic mass is 32.2. The lowest BCUT2D eigenvalue weighted by atomic mass is 9.98. The van der Waals surface area contributed by atoms with Gasteiger partial charge in [0.2, 0.25) is 0 Å². The van der Waals surface area contributed by atoms with E-state index in [9.17, 15) is 4.79 Å². The Hall–Kier alpha value is -1.72. The monoisotopic (exact) mass is 501 g/mol. The molecule has 34 heavy (non-hydrogen) atoms. The number of ether oxygens (including phenoxy) is 1. The summed E-state index contributed by atoms with van der Waals surface area (Å²) in [5, 5.41) is 9.67. The fraction of sp³-hybridized carbons (Fsp3) is 0.708. The number of nitrogens with zero attached hydrogens (tertiary/aromatic N) is 2. The zero-order valence-electron chi connectivity index (χ0n) is 22.5. The molecule has 1 aliphatic heterocycles. The Kier molecular flexibility index (Phi) is 33.9. The van der Waals surface area contributed by atoms with Crippen LogP contribution < -0.4 is 27.4 Å². The third kappa shape index (κ3) is 26.5. The molecule has 1 amide bonds. The van der Waals surface area contributed by atoms with E-state index in [1.54, 1.807) is 6.21 Å². The quantitative estimate of drug-likeness (QED) is 0.176. The number of carbonyl (C=O) groups excluding carboxylic acids is 1. The van der Waals surface area contributed by atoms with Gasteiger partial charge >= 0.3 is 0 Å². The maximum atomic E-state index is 12.0. The molecule has 1 rings (SSSR count). The van der Waals surface area contributed by atoms with Crippen LogP contribution in [0.3, 0.4) is 0 Å². The number of amides is 1. The zero-order valence-corrected chi connectivity index (χ0v) is 23.3. The van der Waals surface area contributed by atoms with Crippen molar-refractivity contribution in [1.82, 2.24) is 16.0 Å². The normalized spacial score (nSPS) is 14.3. The van der Waals surface area contributed by atoms with E-state index in [-0.39, 0.29) is 12.0 Å². The molecule has 0 aromatic heterocycles. The first-order chi connectivity index (χ1) is 16.5. The summed E-state index contributed by atoms with van der Waals surface area (Å²) in [6, 6.07) is 0. The van der Waals surface area contributed by atoms with E-state index in [1.165, 1.54) is 24.2 Å². The molecule has 0 radical (unpaired) electrons. The molecule has 0 bridgehead atoms. The van der Waals surface area contributed by atoms with Crippen molar-refractivity contribution in [1.29, 1.82) is 0 Å². The Labute approximate surface area is 212 Å². The van der Waals surface area contributed by atoms with Gasteiger partial charge in [-0.25, -0.2) is 4.99 Å². The maximum absolute atomic E-state index is 12.0. The highest BCUT2D eigenvalue weighted by molar-refractivity contribution is 8.15. The van der Waals surface area contributed by atoms with Crippen molar-refractivity contribution in [3.05, 3.63) is 24.6 Å². The van der Waals surface area contributed by atoms with Gasteiger partial charge in [0.05, 0.1) is 6.10 Å². The minimum absolute atomic E-state index is 0.128. The van der Waals surface area contributed by atoms with E-state index in [2.05, 4.69) is 25.9 Å². The molecule has 7 N–H and O–H groups in total. The summed E-state index contributed by atoms with van der Waals surface area (Å²) in [5.41, 5.74) is 10.5. The van der Waals surface area contributed by atoms with Crippen LogP contribution in [0.5, 0.6) is 0 Å². The smallest absolute Gasteiger partial charge is 0.276 e. The second-order valence-corrected chi connectivity index (χ2v) is 7.63. The molecule has 0 aromatic carbocycles. The first-order valence-corrected chi connectivity index (χ1v) is 13.2. The minimum atomic E-state index is -0.128. The fourth-order valence-electron chi connectivity index (χ4n) is 2.25. The number of hydrogen-bond acceptors (Lipinski definition) is 9. The predicted octanol–water partition coefficient (Wildman–Crippen LogP) is 2.85. The SMILES string of the molecule is CC.CC.CC(C)OC/N=C\C=C/CN.CNCSC(=N/C=C/N)C(=O)NCC1CCNCC1.